The van der Waals surface area contributed by atoms with Gasteiger partial charge < -0.3 is 14.7 Å². The number of carbonyl (C=O) groups is 2. The van der Waals surface area contributed by atoms with Gasteiger partial charge in [0.25, 0.3) is 0 Å². The molecule has 1 aromatic heterocycles. The van der Waals surface area contributed by atoms with Crippen LogP contribution in [0.25, 0.3) is 0 Å². The number of nitrogens with zero attached hydrogens (tertiary/aromatic N) is 3. The lowest BCUT2D eigenvalue weighted by Gasteiger charge is -2.16. The Morgan fingerprint density at radius 2 is 2.00 bits per heavy atom. The van der Waals surface area contributed by atoms with Crippen molar-refractivity contribution in [2.24, 2.45) is 0 Å². The molecule has 1 aliphatic rings. The van der Waals surface area contributed by atoms with Crippen molar-refractivity contribution in [3.05, 3.63) is 48.1 Å². The second-order valence-corrected chi connectivity index (χ2v) is 5.62. The summed E-state index contributed by atoms with van der Waals surface area (Å²) in [5, 5.41) is 6.49. The molecule has 0 bridgehead atoms. The number of amides is 2. The van der Waals surface area contributed by atoms with Crippen LogP contribution in [0.5, 0.6) is 0 Å². The molecule has 120 valence electrons. The van der Waals surface area contributed by atoms with E-state index in [-0.39, 0.29) is 30.2 Å². The number of carbonyl (C=O) groups excluding carboxylic acids is 2. The van der Waals surface area contributed by atoms with E-state index >= 15 is 0 Å². The van der Waals surface area contributed by atoms with Crippen LogP contribution in [0.3, 0.4) is 0 Å². The summed E-state index contributed by atoms with van der Waals surface area (Å²) in [6.07, 6.45) is 1.30. The summed E-state index contributed by atoms with van der Waals surface area (Å²) in [5.74, 6) is 0.375. The van der Waals surface area contributed by atoms with Gasteiger partial charge >= 0.3 is 0 Å². The zero-order valence-electron chi connectivity index (χ0n) is 12.8. The first kappa shape index (κ1) is 15.2. The highest BCUT2D eigenvalue weighted by molar-refractivity contribution is 5.84. The second-order valence-electron chi connectivity index (χ2n) is 5.62. The monoisotopic (exact) mass is 314 g/mol. The number of nitrogens with one attached hydrogen (secondary N) is 1. The molecule has 7 heteroatoms. The number of likely N-dealkylation sites (tertiary alicyclic amines) is 1. The molecular weight excluding hydrogens is 296 g/mol. The molecule has 1 N–H and O–H groups in total. The quantitative estimate of drug-likeness (QED) is 0.906. The third kappa shape index (κ3) is 3.39. The molecule has 0 aliphatic carbocycles. The van der Waals surface area contributed by atoms with E-state index in [9.17, 15) is 9.59 Å². The van der Waals surface area contributed by atoms with Crippen LogP contribution >= 0.6 is 0 Å². The van der Waals surface area contributed by atoms with Gasteiger partial charge in [0.15, 0.2) is 5.82 Å². The minimum absolute atomic E-state index is 0.00973. The van der Waals surface area contributed by atoms with E-state index in [1.54, 1.807) is 4.90 Å². The van der Waals surface area contributed by atoms with Gasteiger partial charge in [-0.2, -0.15) is 4.98 Å². The van der Waals surface area contributed by atoms with E-state index in [1.807, 2.05) is 30.3 Å². The molecule has 1 aromatic carbocycles. The molecule has 2 atom stereocenters. The number of hydrogen-bond acceptors (Lipinski definition) is 5. The maximum atomic E-state index is 12.3. The van der Waals surface area contributed by atoms with Crippen LogP contribution in [0.1, 0.15) is 30.1 Å². The van der Waals surface area contributed by atoms with E-state index in [0.29, 0.717) is 18.9 Å². The third-order valence-electron chi connectivity index (χ3n) is 4.10. The third-order valence-corrected chi connectivity index (χ3v) is 4.10. The lowest BCUT2D eigenvalue weighted by atomic mass is 9.88. The topological polar surface area (TPSA) is 88.3 Å². The lowest BCUT2D eigenvalue weighted by Crippen LogP contribution is -2.38. The molecule has 7 nitrogen and oxygen atoms in total. The Kier molecular flexibility index (Phi) is 4.36. The fourth-order valence-electron chi connectivity index (χ4n) is 2.96. The Morgan fingerprint density at radius 3 is 2.65 bits per heavy atom. The van der Waals surface area contributed by atoms with Crippen molar-refractivity contribution in [3.8, 4) is 0 Å². The van der Waals surface area contributed by atoms with Gasteiger partial charge in [-0.1, -0.05) is 35.5 Å². The Hall–Kier alpha value is -2.70. The highest BCUT2D eigenvalue weighted by Gasteiger charge is 2.39. The first-order chi connectivity index (χ1) is 11.1. The maximum Gasteiger partial charge on any atom is 0.242 e. The molecule has 23 heavy (non-hydrogen) atoms. The second kappa shape index (κ2) is 6.60. The molecule has 1 fully saturated rings. The summed E-state index contributed by atoms with van der Waals surface area (Å²) < 4.78 is 4.86. The van der Waals surface area contributed by atoms with Crippen LogP contribution < -0.4 is 5.32 Å². The highest BCUT2D eigenvalue weighted by atomic mass is 16.5. The van der Waals surface area contributed by atoms with Gasteiger partial charge in [0.2, 0.25) is 18.2 Å². The van der Waals surface area contributed by atoms with Gasteiger partial charge in [-0.3, -0.25) is 9.59 Å². The maximum absolute atomic E-state index is 12.3. The van der Waals surface area contributed by atoms with E-state index in [4.69, 9.17) is 4.52 Å². The summed E-state index contributed by atoms with van der Waals surface area (Å²) in [7, 11) is 0. The summed E-state index contributed by atoms with van der Waals surface area (Å²) in [4.78, 5) is 29.2. The molecule has 3 rings (SSSR count). The minimum atomic E-state index is -0.216. The first-order valence-corrected chi connectivity index (χ1v) is 7.48. The van der Waals surface area contributed by atoms with Gasteiger partial charge in [-0.25, -0.2) is 0 Å². The van der Waals surface area contributed by atoms with Crippen molar-refractivity contribution < 1.29 is 14.1 Å². The molecule has 2 aromatic rings. The van der Waals surface area contributed by atoms with Crippen LogP contribution in [0, 0.1) is 0 Å². The molecule has 0 unspecified atom stereocenters. The van der Waals surface area contributed by atoms with Crippen LogP contribution in [0.15, 0.2) is 41.2 Å². The van der Waals surface area contributed by atoms with Gasteiger partial charge in [0, 0.05) is 31.8 Å². The van der Waals surface area contributed by atoms with Crippen molar-refractivity contribution in [3.63, 3.8) is 0 Å². The Balaban J connectivity index is 1.79. The molecule has 1 aliphatic heterocycles. The number of hydrogen-bond donors (Lipinski definition) is 1. The molecule has 0 saturated carbocycles. The van der Waals surface area contributed by atoms with Gasteiger partial charge in [-0.05, 0) is 5.56 Å². The van der Waals surface area contributed by atoms with Crippen molar-refractivity contribution in [2.75, 3.05) is 19.6 Å². The summed E-state index contributed by atoms with van der Waals surface area (Å²) in [5.41, 5.74) is 1.14. The fraction of sp³-hybridized carbons (Fsp3) is 0.375. The van der Waals surface area contributed by atoms with Crippen molar-refractivity contribution in [1.82, 2.24) is 20.4 Å². The molecule has 0 radical (unpaired) electrons. The minimum Gasteiger partial charge on any atom is -0.347 e. The lowest BCUT2D eigenvalue weighted by molar-refractivity contribution is -0.131. The van der Waals surface area contributed by atoms with Gasteiger partial charge in [-0.15, -0.1) is 0 Å². The highest BCUT2D eigenvalue weighted by Crippen LogP contribution is 2.38. The number of benzene rings is 1. The largest absolute Gasteiger partial charge is 0.347 e. The Labute approximate surface area is 133 Å². The summed E-state index contributed by atoms with van der Waals surface area (Å²) in [6.45, 7) is 2.49. The number of rotatable bonds is 4. The SMILES string of the molecule is CC(=O)NCC(=O)N1C[C@H](c2ccccc2)[C@@H](c2ncon2)C1. The van der Waals surface area contributed by atoms with Gasteiger partial charge in [0.1, 0.15) is 0 Å². The van der Waals surface area contributed by atoms with E-state index in [0.717, 1.165) is 5.56 Å². The summed E-state index contributed by atoms with van der Waals surface area (Å²) in [6, 6.07) is 10.00. The van der Waals surface area contributed by atoms with Crippen LogP contribution in [-0.4, -0.2) is 46.5 Å². The molecule has 2 heterocycles. The van der Waals surface area contributed by atoms with Crippen LogP contribution in [0.2, 0.25) is 0 Å². The Bertz CT molecular complexity index is 672. The number of aromatic nitrogens is 2. The molecule has 1 saturated heterocycles. The van der Waals surface area contributed by atoms with E-state index in [1.165, 1.54) is 13.3 Å². The predicted octanol–water partition coefficient (Wildman–Crippen LogP) is 0.915. The predicted molar refractivity (Wildman–Crippen MR) is 81.5 cm³/mol. The van der Waals surface area contributed by atoms with Crippen molar-refractivity contribution in [2.45, 2.75) is 18.8 Å². The average molecular weight is 314 g/mol. The molecular formula is C16H18N4O3. The molecule has 2 amide bonds. The normalized spacial score (nSPS) is 20.5. The first-order valence-electron chi connectivity index (χ1n) is 7.48. The van der Waals surface area contributed by atoms with Gasteiger partial charge in [0.05, 0.1) is 6.54 Å². The average Bonchev–Trinajstić information content (AvgIpc) is 3.22. The van der Waals surface area contributed by atoms with Crippen molar-refractivity contribution in [1.29, 1.82) is 0 Å². The van der Waals surface area contributed by atoms with E-state index < -0.39 is 0 Å². The fourth-order valence-corrected chi connectivity index (χ4v) is 2.96. The zero-order valence-corrected chi connectivity index (χ0v) is 12.8. The van der Waals surface area contributed by atoms with E-state index in [2.05, 4.69) is 15.5 Å². The standard InChI is InChI=1S/C16H18N4O3/c1-11(21)17-7-15(22)20-8-13(12-5-3-2-4-6-12)14(9-20)16-18-10-23-19-16/h2-6,10,13-14H,7-9H2,1H3,(H,17,21)/t13-,14+/m1/s1. The zero-order chi connectivity index (χ0) is 16.2. The smallest absolute Gasteiger partial charge is 0.242 e. The van der Waals surface area contributed by atoms with Crippen molar-refractivity contribution >= 4 is 11.8 Å². The summed E-state index contributed by atoms with van der Waals surface area (Å²) >= 11 is 0. The van der Waals surface area contributed by atoms with Crippen LogP contribution in [-0.2, 0) is 9.59 Å². The van der Waals surface area contributed by atoms with Crippen LogP contribution in [0.4, 0.5) is 0 Å². The Morgan fingerprint density at radius 1 is 1.26 bits per heavy atom. The molecule has 0 spiro atoms.